The molecule has 0 saturated heterocycles. The van der Waals surface area contributed by atoms with Crippen molar-refractivity contribution < 1.29 is 14.0 Å². The molecular formula is C16H19FN6O2. The van der Waals surface area contributed by atoms with Gasteiger partial charge < -0.3 is 10.6 Å². The van der Waals surface area contributed by atoms with E-state index < -0.39 is 17.8 Å². The van der Waals surface area contributed by atoms with Gasteiger partial charge in [0.1, 0.15) is 18.2 Å². The van der Waals surface area contributed by atoms with Crippen molar-refractivity contribution in [2.45, 2.75) is 38.6 Å². The third-order valence-electron chi connectivity index (χ3n) is 4.33. The van der Waals surface area contributed by atoms with Crippen LogP contribution in [0.5, 0.6) is 0 Å². The molecule has 1 aliphatic rings. The fourth-order valence-electron chi connectivity index (χ4n) is 3.15. The fraction of sp³-hybridized carbons (Fsp3) is 0.438. The number of amides is 2. The fourth-order valence-corrected chi connectivity index (χ4v) is 3.15. The summed E-state index contributed by atoms with van der Waals surface area (Å²) >= 11 is 0. The molecule has 1 fully saturated rings. The Hall–Kier alpha value is -2.84. The second-order valence-corrected chi connectivity index (χ2v) is 6.13. The molecule has 0 spiro atoms. The predicted molar refractivity (Wildman–Crippen MR) is 87.3 cm³/mol. The van der Waals surface area contributed by atoms with Crippen molar-refractivity contribution in [2.75, 3.05) is 5.32 Å². The molecule has 0 bridgehead atoms. The van der Waals surface area contributed by atoms with Crippen molar-refractivity contribution in [1.29, 1.82) is 0 Å². The highest BCUT2D eigenvalue weighted by Gasteiger charge is 2.31. The molecule has 1 aliphatic carbocycles. The van der Waals surface area contributed by atoms with E-state index in [0.717, 1.165) is 25.7 Å². The molecule has 0 aliphatic heterocycles. The number of halogens is 1. The number of rotatable bonds is 5. The predicted octanol–water partition coefficient (Wildman–Crippen LogP) is 1.43. The number of anilines is 1. The molecule has 2 N–H and O–H groups in total. The van der Waals surface area contributed by atoms with Gasteiger partial charge in [-0.1, -0.05) is 12.8 Å². The monoisotopic (exact) mass is 346 g/mol. The molecular weight excluding hydrogens is 327 g/mol. The second-order valence-electron chi connectivity index (χ2n) is 6.13. The molecule has 132 valence electrons. The minimum absolute atomic E-state index is 0.0198. The molecule has 2 amide bonds. The maximum Gasteiger partial charge on any atom is 0.247 e. The van der Waals surface area contributed by atoms with Crippen LogP contribution in [0.15, 0.2) is 24.5 Å². The molecule has 1 saturated carbocycles. The van der Waals surface area contributed by atoms with Gasteiger partial charge in [-0.25, -0.2) is 9.07 Å². The van der Waals surface area contributed by atoms with Gasteiger partial charge in [0.2, 0.25) is 11.8 Å². The van der Waals surface area contributed by atoms with Gasteiger partial charge in [0, 0.05) is 6.92 Å². The van der Waals surface area contributed by atoms with Crippen molar-refractivity contribution in [3.63, 3.8) is 0 Å². The van der Waals surface area contributed by atoms with Crippen molar-refractivity contribution >= 4 is 17.5 Å². The van der Waals surface area contributed by atoms with Gasteiger partial charge in [-0.15, -0.1) is 5.10 Å². The van der Waals surface area contributed by atoms with Gasteiger partial charge in [-0.3, -0.25) is 9.59 Å². The molecule has 2 aromatic rings. The summed E-state index contributed by atoms with van der Waals surface area (Å²) in [5.74, 6) is -1.21. The number of aromatic nitrogens is 4. The van der Waals surface area contributed by atoms with Crippen LogP contribution in [0.3, 0.4) is 0 Å². The highest BCUT2D eigenvalue weighted by molar-refractivity contribution is 5.97. The molecule has 8 nitrogen and oxygen atoms in total. The van der Waals surface area contributed by atoms with E-state index >= 15 is 0 Å². The zero-order valence-corrected chi connectivity index (χ0v) is 13.8. The molecule has 25 heavy (non-hydrogen) atoms. The van der Waals surface area contributed by atoms with Gasteiger partial charge in [0.15, 0.2) is 0 Å². The van der Waals surface area contributed by atoms with Gasteiger partial charge in [-0.2, -0.15) is 0 Å². The maximum atomic E-state index is 14.1. The van der Waals surface area contributed by atoms with E-state index in [9.17, 15) is 14.0 Å². The Morgan fingerprint density at radius 1 is 1.32 bits per heavy atom. The summed E-state index contributed by atoms with van der Waals surface area (Å²) < 4.78 is 15.5. The molecule has 1 unspecified atom stereocenters. The van der Waals surface area contributed by atoms with Gasteiger partial charge in [0.05, 0.1) is 11.4 Å². The lowest BCUT2D eigenvalue weighted by Gasteiger charge is -2.23. The number of hydrogen-bond donors (Lipinski definition) is 2. The number of nitrogens with zero attached hydrogens (tertiary/aromatic N) is 4. The van der Waals surface area contributed by atoms with Crippen LogP contribution < -0.4 is 10.6 Å². The molecule has 1 atom stereocenters. The Labute approximate surface area is 143 Å². The molecule has 1 aromatic heterocycles. The van der Waals surface area contributed by atoms with E-state index in [1.165, 1.54) is 36.1 Å². The van der Waals surface area contributed by atoms with Crippen molar-refractivity contribution in [1.82, 2.24) is 25.5 Å². The molecule has 3 rings (SSSR count). The number of carbonyl (C=O) groups is 2. The van der Waals surface area contributed by atoms with Crippen LogP contribution in [0.2, 0.25) is 0 Å². The average Bonchev–Trinajstić information content (AvgIpc) is 3.28. The van der Waals surface area contributed by atoms with Crippen LogP contribution in [0.25, 0.3) is 5.69 Å². The quantitative estimate of drug-likeness (QED) is 0.853. The third kappa shape index (κ3) is 3.98. The van der Waals surface area contributed by atoms with Crippen LogP contribution in [-0.4, -0.2) is 38.1 Å². The first-order valence-corrected chi connectivity index (χ1v) is 8.15. The zero-order chi connectivity index (χ0) is 17.8. The highest BCUT2D eigenvalue weighted by Crippen LogP contribution is 2.29. The Balaban J connectivity index is 1.80. The number of nitrogens with one attached hydrogen (secondary N) is 2. The summed E-state index contributed by atoms with van der Waals surface area (Å²) in [6, 6.07) is 3.51. The SMILES string of the molecule is CC(=O)NC(C(=O)Nc1cc(-n2cnnn2)ccc1F)C1CCCC1. The Morgan fingerprint density at radius 3 is 2.72 bits per heavy atom. The first kappa shape index (κ1) is 17.0. The molecule has 9 heteroatoms. The molecule has 1 aromatic carbocycles. The maximum absolute atomic E-state index is 14.1. The summed E-state index contributed by atoms with van der Waals surface area (Å²) in [5, 5.41) is 16.1. The first-order valence-electron chi connectivity index (χ1n) is 8.15. The van der Waals surface area contributed by atoms with E-state index in [2.05, 4.69) is 26.2 Å². The van der Waals surface area contributed by atoms with Crippen LogP contribution in [0.1, 0.15) is 32.6 Å². The summed E-state index contributed by atoms with van der Waals surface area (Å²) in [5.41, 5.74) is 0.532. The van der Waals surface area contributed by atoms with Gasteiger partial charge in [0.25, 0.3) is 0 Å². The summed E-state index contributed by atoms with van der Waals surface area (Å²) in [6.07, 6.45) is 5.16. The number of hydrogen-bond acceptors (Lipinski definition) is 5. The lowest BCUT2D eigenvalue weighted by molar-refractivity contribution is -0.126. The van der Waals surface area contributed by atoms with Crippen molar-refractivity contribution in [3.8, 4) is 5.69 Å². The molecule has 1 heterocycles. The summed E-state index contributed by atoms with van der Waals surface area (Å²) in [7, 11) is 0. The Morgan fingerprint density at radius 2 is 2.08 bits per heavy atom. The highest BCUT2D eigenvalue weighted by atomic mass is 19.1. The lowest BCUT2D eigenvalue weighted by Crippen LogP contribution is -2.47. The minimum atomic E-state index is -0.670. The Bertz CT molecular complexity index is 758. The second kappa shape index (κ2) is 7.37. The van der Waals surface area contributed by atoms with Crippen molar-refractivity contribution in [3.05, 3.63) is 30.3 Å². The average molecular weight is 346 g/mol. The van der Waals surface area contributed by atoms with E-state index in [1.54, 1.807) is 0 Å². The summed E-state index contributed by atoms with van der Waals surface area (Å²) in [4.78, 5) is 24.1. The number of tetrazole rings is 1. The van der Waals surface area contributed by atoms with Gasteiger partial charge in [-0.05, 0) is 47.4 Å². The first-order chi connectivity index (χ1) is 12.0. The third-order valence-corrected chi connectivity index (χ3v) is 4.33. The minimum Gasteiger partial charge on any atom is -0.344 e. The van der Waals surface area contributed by atoms with E-state index in [-0.39, 0.29) is 17.5 Å². The Kier molecular flexibility index (Phi) is 5.01. The smallest absolute Gasteiger partial charge is 0.247 e. The van der Waals surface area contributed by atoms with Gasteiger partial charge >= 0.3 is 0 Å². The zero-order valence-electron chi connectivity index (χ0n) is 13.8. The van der Waals surface area contributed by atoms with Crippen LogP contribution in [0.4, 0.5) is 10.1 Å². The standard InChI is InChI=1S/C16H19FN6O2/c1-10(24)19-15(11-4-2-3-5-11)16(25)20-14-8-12(6-7-13(14)17)23-9-18-21-22-23/h6-9,11,15H,2-5H2,1H3,(H,19,24)(H,20,25). The largest absolute Gasteiger partial charge is 0.344 e. The van der Waals surface area contributed by atoms with E-state index in [1.807, 2.05) is 0 Å². The lowest BCUT2D eigenvalue weighted by atomic mass is 9.97. The van der Waals surface area contributed by atoms with Crippen LogP contribution in [-0.2, 0) is 9.59 Å². The van der Waals surface area contributed by atoms with Crippen LogP contribution >= 0.6 is 0 Å². The van der Waals surface area contributed by atoms with E-state index in [0.29, 0.717) is 5.69 Å². The number of carbonyl (C=O) groups excluding carboxylic acids is 2. The summed E-state index contributed by atoms with van der Waals surface area (Å²) in [6.45, 7) is 1.37. The number of benzene rings is 1. The van der Waals surface area contributed by atoms with E-state index in [4.69, 9.17) is 0 Å². The van der Waals surface area contributed by atoms with Crippen LogP contribution in [0, 0.1) is 11.7 Å². The van der Waals surface area contributed by atoms with Crippen molar-refractivity contribution in [2.24, 2.45) is 5.92 Å². The normalized spacial score (nSPS) is 15.8. The topological polar surface area (TPSA) is 102 Å². The molecule has 0 radical (unpaired) electrons.